The molecule has 126 valence electrons. The molecule has 4 fully saturated rings. The summed E-state index contributed by atoms with van der Waals surface area (Å²) in [7, 11) is 1.69. The molecular weight excluding hydrogens is 316 g/mol. The maximum absolute atomic E-state index is 5.22. The van der Waals surface area contributed by atoms with Crippen LogP contribution in [0.4, 0.5) is 10.8 Å². The van der Waals surface area contributed by atoms with E-state index in [0.717, 1.165) is 46.2 Å². The van der Waals surface area contributed by atoms with E-state index in [9.17, 15) is 0 Å². The van der Waals surface area contributed by atoms with Crippen LogP contribution in [-0.2, 0) is 0 Å². The molecule has 24 heavy (non-hydrogen) atoms. The lowest BCUT2D eigenvalue weighted by atomic mass is 9.51. The summed E-state index contributed by atoms with van der Waals surface area (Å²) in [6.45, 7) is 0. The number of ether oxygens (including phenoxy) is 1. The minimum absolute atomic E-state index is 0.723. The quantitative estimate of drug-likeness (QED) is 0.805. The van der Waals surface area contributed by atoms with Gasteiger partial charge >= 0.3 is 0 Å². The van der Waals surface area contributed by atoms with Crippen molar-refractivity contribution >= 4 is 22.2 Å². The molecule has 4 heteroatoms. The van der Waals surface area contributed by atoms with E-state index in [2.05, 4.69) is 10.7 Å². The molecule has 0 atom stereocenters. The number of aromatic nitrogens is 1. The Bertz CT molecular complexity index is 695. The van der Waals surface area contributed by atoms with Gasteiger partial charge in [-0.3, -0.25) is 0 Å². The summed E-state index contributed by atoms with van der Waals surface area (Å²) in [4.78, 5) is 4.97. The number of rotatable bonds is 4. The van der Waals surface area contributed by atoms with E-state index in [1.54, 1.807) is 18.4 Å². The molecule has 0 aliphatic heterocycles. The summed E-state index contributed by atoms with van der Waals surface area (Å²) in [6, 6.07) is 8.05. The molecule has 1 aromatic carbocycles. The Balaban J connectivity index is 1.33. The lowest BCUT2D eigenvalue weighted by Gasteiger charge is -2.54. The molecule has 0 saturated heterocycles. The second-order valence-electron chi connectivity index (χ2n) is 7.89. The monoisotopic (exact) mass is 340 g/mol. The Labute approximate surface area is 147 Å². The molecule has 3 nitrogen and oxygen atoms in total. The van der Waals surface area contributed by atoms with E-state index in [-0.39, 0.29) is 0 Å². The smallest absolute Gasteiger partial charge is 0.187 e. The number of benzene rings is 1. The van der Waals surface area contributed by atoms with Crippen molar-refractivity contribution in [2.45, 2.75) is 38.0 Å². The predicted molar refractivity (Wildman–Crippen MR) is 98.2 cm³/mol. The maximum Gasteiger partial charge on any atom is 0.187 e. The molecule has 0 unspecified atom stereocenters. The van der Waals surface area contributed by atoms with Crippen LogP contribution in [0.3, 0.4) is 0 Å². The molecule has 0 amide bonds. The van der Waals surface area contributed by atoms with Crippen molar-refractivity contribution in [2.75, 3.05) is 12.4 Å². The van der Waals surface area contributed by atoms with Gasteiger partial charge in [0.1, 0.15) is 5.75 Å². The van der Waals surface area contributed by atoms with Crippen LogP contribution in [0, 0.1) is 23.7 Å². The molecule has 0 spiro atoms. The Morgan fingerprint density at radius 1 is 1.00 bits per heavy atom. The lowest BCUT2D eigenvalue weighted by molar-refractivity contribution is -0.00392. The number of methoxy groups -OCH3 is 1. The van der Waals surface area contributed by atoms with E-state index in [0.29, 0.717) is 0 Å². The molecular formula is C20H24N2OS. The molecule has 4 bridgehead atoms. The second kappa shape index (κ2) is 5.76. The van der Waals surface area contributed by atoms with Crippen molar-refractivity contribution in [1.29, 1.82) is 0 Å². The van der Waals surface area contributed by atoms with Crippen LogP contribution in [0.5, 0.6) is 5.75 Å². The van der Waals surface area contributed by atoms with E-state index < -0.39 is 0 Å². The van der Waals surface area contributed by atoms with E-state index >= 15 is 0 Å². The topological polar surface area (TPSA) is 34.1 Å². The average Bonchev–Trinajstić information content (AvgIpc) is 3.03. The largest absolute Gasteiger partial charge is 0.497 e. The number of hydrogen-bond acceptors (Lipinski definition) is 4. The predicted octanol–water partition coefficient (Wildman–Crippen LogP) is 5.44. The van der Waals surface area contributed by atoms with Gasteiger partial charge in [-0.2, -0.15) is 0 Å². The highest BCUT2D eigenvalue weighted by atomic mass is 32.1. The molecule has 1 heterocycles. The highest BCUT2D eigenvalue weighted by Crippen LogP contribution is 2.59. The number of hydrogen-bond donors (Lipinski definition) is 1. The van der Waals surface area contributed by atoms with Crippen molar-refractivity contribution in [3.05, 3.63) is 35.3 Å². The van der Waals surface area contributed by atoms with Crippen LogP contribution in [-0.4, -0.2) is 12.1 Å². The van der Waals surface area contributed by atoms with Crippen molar-refractivity contribution in [2.24, 2.45) is 23.7 Å². The van der Waals surface area contributed by atoms with Crippen LogP contribution >= 0.6 is 11.3 Å². The third-order valence-electron chi connectivity index (χ3n) is 6.43. The molecule has 6 rings (SSSR count). The average molecular weight is 340 g/mol. The lowest BCUT2D eigenvalue weighted by Crippen LogP contribution is -2.43. The highest BCUT2D eigenvalue weighted by molar-refractivity contribution is 7.13. The molecule has 4 aliphatic carbocycles. The first kappa shape index (κ1) is 14.8. The normalized spacial score (nSPS) is 33.6. The van der Waals surface area contributed by atoms with Gasteiger partial charge in [0.05, 0.1) is 12.8 Å². The van der Waals surface area contributed by atoms with Crippen LogP contribution in [0.1, 0.15) is 43.7 Å². The minimum atomic E-state index is 0.723. The Morgan fingerprint density at radius 3 is 2.29 bits per heavy atom. The van der Waals surface area contributed by atoms with Crippen LogP contribution in [0.25, 0.3) is 0 Å². The van der Waals surface area contributed by atoms with Gasteiger partial charge in [0, 0.05) is 17.0 Å². The Kier molecular flexibility index (Phi) is 3.55. The van der Waals surface area contributed by atoms with E-state index in [1.807, 2.05) is 24.3 Å². The summed E-state index contributed by atoms with van der Waals surface area (Å²) in [5.41, 5.74) is 2.42. The van der Waals surface area contributed by atoms with Crippen molar-refractivity contribution < 1.29 is 4.74 Å². The Morgan fingerprint density at radius 2 is 1.67 bits per heavy atom. The molecule has 4 saturated carbocycles. The number of nitrogens with zero attached hydrogens (tertiary/aromatic N) is 1. The molecule has 1 aromatic heterocycles. The first-order valence-corrected chi connectivity index (χ1v) is 10.0. The molecule has 2 aromatic rings. The van der Waals surface area contributed by atoms with Gasteiger partial charge in [-0.05, 0) is 80.0 Å². The van der Waals surface area contributed by atoms with Gasteiger partial charge < -0.3 is 10.1 Å². The van der Waals surface area contributed by atoms with Crippen molar-refractivity contribution in [3.8, 4) is 5.75 Å². The number of nitrogens with one attached hydrogen (secondary N) is 1. The van der Waals surface area contributed by atoms with Gasteiger partial charge in [-0.25, -0.2) is 4.98 Å². The summed E-state index contributed by atoms with van der Waals surface area (Å²) in [6.07, 6.45) is 7.33. The van der Waals surface area contributed by atoms with Crippen molar-refractivity contribution in [1.82, 2.24) is 4.98 Å². The summed E-state index contributed by atoms with van der Waals surface area (Å²) < 4.78 is 5.22. The highest BCUT2D eigenvalue weighted by Gasteiger charge is 2.49. The van der Waals surface area contributed by atoms with Gasteiger partial charge in [0.15, 0.2) is 5.13 Å². The fraction of sp³-hybridized carbons (Fsp3) is 0.550. The van der Waals surface area contributed by atoms with Crippen LogP contribution < -0.4 is 10.1 Å². The van der Waals surface area contributed by atoms with Gasteiger partial charge in [0.25, 0.3) is 0 Å². The van der Waals surface area contributed by atoms with Gasteiger partial charge in [0.2, 0.25) is 0 Å². The Hall–Kier alpha value is -1.55. The third-order valence-corrected chi connectivity index (χ3v) is 7.21. The van der Waals surface area contributed by atoms with Crippen molar-refractivity contribution in [3.63, 3.8) is 0 Å². The second-order valence-corrected chi connectivity index (χ2v) is 8.75. The fourth-order valence-electron chi connectivity index (χ4n) is 5.70. The standard InChI is InChI=1S/C20H24N2OS/c1-23-17-4-2-16(3-5-17)21-20-22-18(11-24-20)19-14-7-12-6-13(9-14)10-15(19)8-12/h2-5,11-15,19H,6-10H2,1H3,(H,21,22). The van der Waals surface area contributed by atoms with Crippen LogP contribution in [0.15, 0.2) is 29.6 Å². The fourth-order valence-corrected chi connectivity index (χ4v) is 6.48. The first-order valence-electron chi connectivity index (χ1n) is 9.15. The molecule has 1 N–H and O–H groups in total. The van der Waals surface area contributed by atoms with E-state index in [1.165, 1.54) is 37.8 Å². The number of anilines is 2. The molecule has 0 radical (unpaired) electrons. The summed E-state index contributed by atoms with van der Waals surface area (Å²) >= 11 is 1.75. The maximum atomic E-state index is 5.22. The molecule has 4 aliphatic rings. The summed E-state index contributed by atoms with van der Waals surface area (Å²) in [5.74, 6) is 5.46. The SMILES string of the molecule is COc1ccc(Nc2nc(C3C4CC5CC(C4)CC3C5)cs2)cc1. The van der Waals surface area contributed by atoms with Gasteiger partial charge in [-0.15, -0.1) is 11.3 Å². The van der Waals surface area contributed by atoms with Gasteiger partial charge in [-0.1, -0.05) is 0 Å². The number of thiazole rings is 1. The third kappa shape index (κ3) is 2.52. The minimum Gasteiger partial charge on any atom is -0.497 e. The zero-order chi connectivity index (χ0) is 16.1. The first-order chi connectivity index (χ1) is 11.8. The summed E-state index contributed by atoms with van der Waals surface area (Å²) in [5, 5.41) is 6.77. The van der Waals surface area contributed by atoms with E-state index in [4.69, 9.17) is 9.72 Å². The zero-order valence-electron chi connectivity index (χ0n) is 14.1. The van der Waals surface area contributed by atoms with Crippen LogP contribution in [0.2, 0.25) is 0 Å². The zero-order valence-corrected chi connectivity index (χ0v) is 14.9.